The fourth-order valence-corrected chi connectivity index (χ4v) is 1.63. The second-order valence-electron chi connectivity index (χ2n) is 2.18. The second-order valence-corrected chi connectivity index (χ2v) is 4.08. The molecule has 0 bridgehead atoms. The summed E-state index contributed by atoms with van der Waals surface area (Å²) in [5.41, 5.74) is -0.537. The molecular weight excluding hydrogens is 151 g/mol. The highest BCUT2D eigenvalue weighted by molar-refractivity contribution is 7.52. The standard InChI is InChI=1S/C6H13O3P/c1-3-5-6(4-2)10(7,8)9/h3,6H,1,4-5H2,2H3,(H2,7,8,9). The minimum atomic E-state index is -3.86. The third-order valence-corrected chi connectivity index (χ3v) is 2.91. The summed E-state index contributed by atoms with van der Waals surface area (Å²) in [6, 6.07) is 0. The summed E-state index contributed by atoms with van der Waals surface area (Å²) in [5, 5.41) is 0. The van der Waals surface area contributed by atoms with E-state index in [9.17, 15) is 4.57 Å². The molecule has 4 heteroatoms. The molecule has 0 fully saturated rings. The van der Waals surface area contributed by atoms with Crippen molar-refractivity contribution < 1.29 is 14.4 Å². The lowest BCUT2D eigenvalue weighted by Crippen LogP contribution is -2.04. The van der Waals surface area contributed by atoms with Crippen molar-refractivity contribution in [3.05, 3.63) is 12.7 Å². The smallest absolute Gasteiger partial charge is 0.324 e. The van der Waals surface area contributed by atoms with Gasteiger partial charge in [0.1, 0.15) is 0 Å². The lowest BCUT2D eigenvalue weighted by molar-refractivity contribution is 0.356. The third-order valence-electron chi connectivity index (χ3n) is 1.39. The van der Waals surface area contributed by atoms with Crippen LogP contribution >= 0.6 is 7.60 Å². The molecule has 0 aliphatic rings. The van der Waals surface area contributed by atoms with E-state index < -0.39 is 13.3 Å². The van der Waals surface area contributed by atoms with Crippen LogP contribution in [0, 0.1) is 0 Å². The van der Waals surface area contributed by atoms with Crippen LogP contribution in [0.3, 0.4) is 0 Å². The Morgan fingerprint density at radius 3 is 2.30 bits per heavy atom. The van der Waals surface area contributed by atoms with Gasteiger partial charge in [0.05, 0.1) is 5.66 Å². The zero-order valence-corrected chi connectivity index (χ0v) is 6.92. The van der Waals surface area contributed by atoms with E-state index in [0.29, 0.717) is 12.8 Å². The van der Waals surface area contributed by atoms with Gasteiger partial charge in [-0.15, -0.1) is 6.58 Å². The molecular formula is C6H13O3P. The van der Waals surface area contributed by atoms with Crippen molar-refractivity contribution >= 4 is 7.60 Å². The number of allylic oxidation sites excluding steroid dienone is 1. The van der Waals surface area contributed by atoms with Gasteiger partial charge in [0.15, 0.2) is 0 Å². The van der Waals surface area contributed by atoms with E-state index in [2.05, 4.69) is 6.58 Å². The van der Waals surface area contributed by atoms with Crippen molar-refractivity contribution in [1.82, 2.24) is 0 Å². The highest BCUT2D eigenvalue weighted by Crippen LogP contribution is 2.44. The van der Waals surface area contributed by atoms with Gasteiger partial charge in [-0.3, -0.25) is 4.57 Å². The highest BCUT2D eigenvalue weighted by Gasteiger charge is 2.24. The van der Waals surface area contributed by atoms with Gasteiger partial charge >= 0.3 is 7.60 Å². The largest absolute Gasteiger partial charge is 0.328 e. The van der Waals surface area contributed by atoms with Crippen LogP contribution in [0.2, 0.25) is 0 Å². The normalized spacial score (nSPS) is 14.7. The molecule has 0 saturated carbocycles. The summed E-state index contributed by atoms with van der Waals surface area (Å²) in [7, 11) is -3.86. The maximum Gasteiger partial charge on any atom is 0.328 e. The highest BCUT2D eigenvalue weighted by atomic mass is 31.2. The van der Waals surface area contributed by atoms with Crippen LogP contribution in [0.15, 0.2) is 12.7 Å². The molecule has 0 aromatic carbocycles. The van der Waals surface area contributed by atoms with Gasteiger partial charge in [0, 0.05) is 0 Å². The van der Waals surface area contributed by atoms with Crippen molar-refractivity contribution in [2.75, 3.05) is 0 Å². The van der Waals surface area contributed by atoms with Gasteiger partial charge in [-0.25, -0.2) is 0 Å². The Labute approximate surface area is 60.9 Å². The molecule has 0 aliphatic heterocycles. The average Bonchev–Trinajstić information content (AvgIpc) is 1.80. The van der Waals surface area contributed by atoms with Gasteiger partial charge < -0.3 is 9.79 Å². The fourth-order valence-electron chi connectivity index (χ4n) is 0.734. The first kappa shape index (κ1) is 9.89. The fraction of sp³-hybridized carbons (Fsp3) is 0.667. The average molecular weight is 164 g/mol. The Hall–Kier alpha value is -0.110. The summed E-state index contributed by atoms with van der Waals surface area (Å²) in [6.07, 6.45) is 2.42. The van der Waals surface area contributed by atoms with Gasteiger partial charge in [-0.2, -0.15) is 0 Å². The summed E-state index contributed by atoms with van der Waals surface area (Å²) < 4.78 is 10.6. The molecule has 0 amide bonds. The quantitative estimate of drug-likeness (QED) is 0.489. The van der Waals surface area contributed by atoms with Crippen LogP contribution in [-0.4, -0.2) is 15.4 Å². The summed E-state index contributed by atoms with van der Waals surface area (Å²) in [6.45, 7) is 5.18. The molecule has 3 nitrogen and oxygen atoms in total. The molecule has 0 spiro atoms. The van der Waals surface area contributed by atoms with Crippen molar-refractivity contribution in [1.29, 1.82) is 0 Å². The first-order valence-electron chi connectivity index (χ1n) is 3.18. The van der Waals surface area contributed by atoms with E-state index >= 15 is 0 Å². The predicted molar refractivity (Wildman–Crippen MR) is 40.9 cm³/mol. The van der Waals surface area contributed by atoms with Crippen LogP contribution < -0.4 is 0 Å². The third kappa shape index (κ3) is 3.16. The molecule has 0 radical (unpaired) electrons. The van der Waals surface area contributed by atoms with Gasteiger partial charge in [-0.1, -0.05) is 13.0 Å². The van der Waals surface area contributed by atoms with Crippen molar-refractivity contribution in [3.63, 3.8) is 0 Å². The molecule has 0 aromatic heterocycles. The summed E-state index contributed by atoms with van der Waals surface area (Å²) >= 11 is 0. The Bertz CT molecular complexity index is 149. The molecule has 60 valence electrons. The first-order valence-corrected chi connectivity index (χ1v) is 4.86. The van der Waals surface area contributed by atoms with Crippen molar-refractivity contribution in [2.45, 2.75) is 25.4 Å². The van der Waals surface area contributed by atoms with E-state index in [1.807, 2.05) is 0 Å². The predicted octanol–water partition coefficient (Wildman–Crippen LogP) is 1.52. The zero-order valence-electron chi connectivity index (χ0n) is 6.03. The van der Waals surface area contributed by atoms with Gasteiger partial charge in [0.25, 0.3) is 0 Å². The lowest BCUT2D eigenvalue weighted by Gasteiger charge is -2.13. The van der Waals surface area contributed by atoms with E-state index in [4.69, 9.17) is 9.79 Å². The number of hydrogen-bond donors (Lipinski definition) is 2. The molecule has 0 aromatic rings. The molecule has 10 heavy (non-hydrogen) atoms. The number of rotatable bonds is 4. The molecule has 2 N–H and O–H groups in total. The topological polar surface area (TPSA) is 57.5 Å². The Morgan fingerprint density at radius 2 is 2.20 bits per heavy atom. The van der Waals surface area contributed by atoms with E-state index in [1.54, 1.807) is 6.92 Å². The van der Waals surface area contributed by atoms with Gasteiger partial charge in [0.2, 0.25) is 0 Å². The second kappa shape index (κ2) is 3.91. The van der Waals surface area contributed by atoms with Gasteiger partial charge in [-0.05, 0) is 12.8 Å². The van der Waals surface area contributed by atoms with Crippen LogP contribution in [0.4, 0.5) is 0 Å². The Kier molecular flexibility index (Phi) is 3.87. The summed E-state index contributed by atoms with van der Waals surface area (Å²) in [5.74, 6) is 0. The molecule has 0 rings (SSSR count). The van der Waals surface area contributed by atoms with E-state index in [1.165, 1.54) is 6.08 Å². The molecule has 0 saturated heterocycles. The Morgan fingerprint density at radius 1 is 1.70 bits per heavy atom. The lowest BCUT2D eigenvalue weighted by atomic mass is 10.2. The zero-order chi connectivity index (χ0) is 8.20. The van der Waals surface area contributed by atoms with E-state index in [0.717, 1.165) is 0 Å². The maximum atomic E-state index is 10.6. The molecule has 1 atom stereocenters. The minimum Gasteiger partial charge on any atom is -0.324 e. The van der Waals surface area contributed by atoms with Crippen LogP contribution in [0.25, 0.3) is 0 Å². The maximum absolute atomic E-state index is 10.6. The first-order chi connectivity index (χ1) is 4.52. The summed E-state index contributed by atoms with van der Waals surface area (Å²) in [4.78, 5) is 17.3. The van der Waals surface area contributed by atoms with E-state index in [-0.39, 0.29) is 0 Å². The van der Waals surface area contributed by atoms with Crippen LogP contribution in [0.1, 0.15) is 19.8 Å². The van der Waals surface area contributed by atoms with Crippen molar-refractivity contribution in [3.8, 4) is 0 Å². The molecule has 1 unspecified atom stereocenters. The number of hydrogen-bond acceptors (Lipinski definition) is 1. The minimum absolute atomic E-state index is 0.390. The van der Waals surface area contributed by atoms with Crippen LogP contribution in [0.5, 0.6) is 0 Å². The molecule has 0 heterocycles. The van der Waals surface area contributed by atoms with Crippen LogP contribution in [-0.2, 0) is 4.57 Å². The molecule has 0 aliphatic carbocycles. The SMILES string of the molecule is C=CCC(CC)P(=O)(O)O. The van der Waals surface area contributed by atoms with Crippen molar-refractivity contribution in [2.24, 2.45) is 0 Å². The monoisotopic (exact) mass is 164 g/mol. The Balaban J connectivity index is 4.07.